The molecule has 2 atom stereocenters. The zero-order valence-electron chi connectivity index (χ0n) is 17.0. The van der Waals surface area contributed by atoms with Gasteiger partial charge in [0.1, 0.15) is 30.0 Å². The van der Waals surface area contributed by atoms with Gasteiger partial charge in [-0.15, -0.1) is 0 Å². The van der Waals surface area contributed by atoms with Gasteiger partial charge in [0.15, 0.2) is 17.3 Å². The first kappa shape index (κ1) is 20.6. The highest BCUT2D eigenvalue weighted by Gasteiger charge is 2.44. The van der Waals surface area contributed by atoms with Crippen LogP contribution in [0.1, 0.15) is 34.3 Å². The van der Waals surface area contributed by atoms with E-state index in [9.17, 15) is 9.90 Å². The van der Waals surface area contributed by atoms with Crippen molar-refractivity contribution in [2.45, 2.75) is 25.4 Å². The van der Waals surface area contributed by atoms with E-state index >= 15 is 0 Å². The van der Waals surface area contributed by atoms with Crippen molar-refractivity contribution >= 4 is 21.7 Å². The van der Waals surface area contributed by atoms with Crippen LogP contribution in [-0.2, 0) is 6.42 Å². The summed E-state index contributed by atoms with van der Waals surface area (Å²) in [6.45, 7) is 2.22. The molecule has 0 saturated heterocycles. The van der Waals surface area contributed by atoms with Crippen molar-refractivity contribution in [1.82, 2.24) is 0 Å². The number of fused-ring (bicyclic) bond motifs is 4. The molecule has 0 aliphatic carbocycles. The smallest absolute Gasteiger partial charge is 0.178 e. The summed E-state index contributed by atoms with van der Waals surface area (Å²) >= 11 is 3.42. The van der Waals surface area contributed by atoms with Gasteiger partial charge in [-0.2, -0.15) is 0 Å². The van der Waals surface area contributed by atoms with Crippen LogP contribution in [0.5, 0.6) is 28.7 Å². The van der Waals surface area contributed by atoms with Crippen molar-refractivity contribution in [3.8, 4) is 28.7 Å². The maximum atomic E-state index is 13.5. The average molecular weight is 475 g/mol. The van der Waals surface area contributed by atoms with E-state index in [1.165, 1.54) is 0 Å². The molecule has 1 N–H and O–H groups in total. The molecule has 0 bridgehead atoms. The fourth-order valence-corrected chi connectivity index (χ4v) is 4.15. The Morgan fingerprint density at radius 3 is 2.70 bits per heavy atom. The molecule has 158 valence electrons. The Bertz CT molecular complexity index is 1030. The predicted molar refractivity (Wildman–Crippen MR) is 116 cm³/mol. The molecule has 2 aromatic rings. The van der Waals surface area contributed by atoms with Gasteiger partial charge in [0.05, 0.1) is 25.7 Å². The summed E-state index contributed by atoms with van der Waals surface area (Å²) < 4.78 is 22.9. The van der Waals surface area contributed by atoms with Gasteiger partial charge >= 0.3 is 0 Å². The summed E-state index contributed by atoms with van der Waals surface area (Å²) in [5.74, 6) is 1.64. The maximum Gasteiger partial charge on any atom is 0.178 e. The highest BCUT2D eigenvalue weighted by Crippen LogP contribution is 2.48. The van der Waals surface area contributed by atoms with E-state index < -0.39 is 12.0 Å². The van der Waals surface area contributed by atoms with Gasteiger partial charge in [-0.25, -0.2) is 0 Å². The van der Waals surface area contributed by atoms with E-state index in [1.54, 1.807) is 38.5 Å². The maximum absolute atomic E-state index is 13.5. The molecule has 30 heavy (non-hydrogen) atoms. The van der Waals surface area contributed by atoms with Gasteiger partial charge in [0.2, 0.25) is 0 Å². The van der Waals surface area contributed by atoms with Crippen molar-refractivity contribution in [2.75, 3.05) is 26.2 Å². The Balaban J connectivity index is 1.78. The minimum absolute atomic E-state index is 0.0551. The van der Waals surface area contributed by atoms with Gasteiger partial charge in [0.25, 0.3) is 0 Å². The topological polar surface area (TPSA) is 74.2 Å². The first-order valence-electron chi connectivity index (χ1n) is 9.64. The van der Waals surface area contributed by atoms with Gasteiger partial charge in [-0.3, -0.25) is 4.79 Å². The lowest BCUT2D eigenvalue weighted by atomic mass is 9.81. The molecule has 0 fully saturated rings. The normalized spacial score (nSPS) is 19.7. The molecule has 2 heterocycles. The minimum Gasteiger partial charge on any atom is -0.508 e. The number of ketones is 1. The summed E-state index contributed by atoms with van der Waals surface area (Å²) in [5, 5.41) is 11.2. The Labute approximate surface area is 183 Å². The molecule has 0 aromatic heterocycles. The van der Waals surface area contributed by atoms with Gasteiger partial charge in [-0.1, -0.05) is 27.6 Å². The molecule has 2 aromatic carbocycles. The van der Waals surface area contributed by atoms with Crippen LogP contribution in [0.15, 0.2) is 35.9 Å². The lowest BCUT2D eigenvalue weighted by Crippen LogP contribution is -2.43. The first-order chi connectivity index (χ1) is 14.5. The van der Waals surface area contributed by atoms with E-state index in [0.29, 0.717) is 46.1 Å². The molecule has 0 radical (unpaired) electrons. The van der Waals surface area contributed by atoms with Crippen LogP contribution < -0.4 is 18.9 Å². The number of ether oxygens (including phenoxy) is 4. The number of phenolic OH excluding ortho intramolecular Hbond substituents is 1. The number of methoxy groups -OCH3 is 2. The monoisotopic (exact) mass is 474 g/mol. The molecule has 0 saturated carbocycles. The molecule has 2 aliphatic rings. The average Bonchev–Trinajstić information content (AvgIpc) is 2.76. The van der Waals surface area contributed by atoms with E-state index in [2.05, 4.69) is 15.9 Å². The zero-order chi connectivity index (χ0) is 21.4. The number of phenols is 1. The number of rotatable bonds is 5. The third-order valence-corrected chi connectivity index (χ3v) is 6.43. The zero-order valence-corrected chi connectivity index (χ0v) is 18.6. The molecule has 4 rings (SSSR count). The van der Waals surface area contributed by atoms with Gasteiger partial charge < -0.3 is 24.1 Å². The lowest BCUT2D eigenvalue weighted by molar-refractivity contribution is 0.0553. The second-order valence-electron chi connectivity index (χ2n) is 7.38. The van der Waals surface area contributed by atoms with E-state index in [0.717, 1.165) is 10.9 Å². The Hall–Kier alpha value is -2.67. The number of allylic oxidation sites excluding steroid dienone is 2. The van der Waals surface area contributed by atoms with Crippen LogP contribution in [-0.4, -0.2) is 43.2 Å². The highest BCUT2D eigenvalue weighted by atomic mass is 79.9. The van der Waals surface area contributed by atoms with Crippen molar-refractivity contribution in [1.29, 1.82) is 0 Å². The molecule has 6 nitrogen and oxygen atoms in total. The molecular weight excluding hydrogens is 452 g/mol. The van der Waals surface area contributed by atoms with E-state index in [1.807, 2.05) is 13.0 Å². The van der Waals surface area contributed by atoms with Crippen LogP contribution in [0.2, 0.25) is 0 Å². The number of alkyl halides is 1. The fraction of sp³-hybridized carbons (Fsp3) is 0.348. The summed E-state index contributed by atoms with van der Waals surface area (Å²) in [6.07, 6.45) is 1.99. The molecule has 7 heteroatoms. The number of carbonyl (C=O) groups is 1. The second kappa shape index (κ2) is 8.22. The van der Waals surface area contributed by atoms with E-state index in [-0.39, 0.29) is 18.1 Å². The van der Waals surface area contributed by atoms with E-state index in [4.69, 9.17) is 18.9 Å². The van der Waals surface area contributed by atoms with Crippen molar-refractivity contribution in [3.05, 3.63) is 52.6 Å². The number of halogens is 1. The first-order valence-corrected chi connectivity index (χ1v) is 10.8. The number of aromatic hydroxyl groups is 1. The van der Waals surface area contributed by atoms with Crippen LogP contribution in [0.3, 0.4) is 0 Å². The minimum atomic E-state index is -0.515. The number of Topliss-reactive ketones (excluding diaryl/α,β-unsaturated/α-hetero) is 1. The number of carbonyl (C=O) groups excluding carboxylic acids is 1. The molecular formula is C23H23BrO6. The van der Waals surface area contributed by atoms with Crippen molar-refractivity contribution in [3.63, 3.8) is 0 Å². The van der Waals surface area contributed by atoms with Crippen LogP contribution in [0.4, 0.5) is 0 Å². The third-order valence-electron chi connectivity index (χ3n) is 5.54. The lowest BCUT2D eigenvalue weighted by Gasteiger charge is -2.38. The fourth-order valence-electron chi connectivity index (χ4n) is 3.92. The molecule has 0 spiro atoms. The van der Waals surface area contributed by atoms with Crippen molar-refractivity contribution < 1.29 is 28.8 Å². The molecule has 0 amide bonds. The Kier molecular flexibility index (Phi) is 5.64. The van der Waals surface area contributed by atoms with Gasteiger partial charge in [0, 0.05) is 22.5 Å². The number of hydrogen-bond acceptors (Lipinski definition) is 6. The SMILES string of the molecule is COc1cc2c(cc1OC)C1C(=O)c3ccc(O)c(C/C=C(\C)CBr)c3OC1CO2. The summed E-state index contributed by atoms with van der Waals surface area (Å²) in [7, 11) is 3.11. The van der Waals surface area contributed by atoms with Crippen LogP contribution >= 0.6 is 15.9 Å². The molecule has 2 aliphatic heterocycles. The predicted octanol–water partition coefficient (Wildman–Crippen LogP) is 4.41. The quantitative estimate of drug-likeness (QED) is 0.510. The third kappa shape index (κ3) is 3.41. The Morgan fingerprint density at radius 1 is 1.27 bits per heavy atom. The van der Waals surface area contributed by atoms with Gasteiger partial charge in [-0.05, 0) is 31.5 Å². The van der Waals surface area contributed by atoms with Crippen LogP contribution in [0.25, 0.3) is 0 Å². The summed E-state index contributed by atoms with van der Waals surface area (Å²) in [5.41, 5.74) is 2.92. The number of hydrogen-bond donors (Lipinski definition) is 1. The Morgan fingerprint density at radius 2 is 2.00 bits per heavy atom. The largest absolute Gasteiger partial charge is 0.508 e. The highest BCUT2D eigenvalue weighted by molar-refractivity contribution is 9.09. The second-order valence-corrected chi connectivity index (χ2v) is 7.94. The molecule has 2 unspecified atom stereocenters. The number of benzene rings is 2. The van der Waals surface area contributed by atoms with Crippen molar-refractivity contribution in [2.24, 2.45) is 0 Å². The standard InChI is InChI=1S/C23H23BrO6/c1-12(10-24)4-5-13-16(25)7-6-14-22(26)21-15-8-18(27-2)19(28-3)9-17(15)29-11-20(21)30-23(13)14/h4,6-9,20-21,25H,5,10-11H2,1-3H3/b12-4+. The van der Waals surface area contributed by atoms with Crippen LogP contribution in [0, 0.1) is 0 Å². The summed E-state index contributed by atoms with van der Waals surface area (Å²) in [6, 6.07) is 6.70. The summed E-state index contributed by atoms with van der Waals surface area (Å²) in [4.78, 5) is 13.5.